The molecule has 0 aliphatic rings. The SMILES string of the molecule is CCOC(=O)[C@H](C)C[C@H](NC(=O)c1cccc(F)c1F)C(=O)O. The molecule has 1 aromatic rings. The van der Waals surface area contributed by atoms with Crippen LogP contribution in [-0.2, 0) is 14.3 Å². The van der Waals surface area contributed by atoms with Gasteiger partial charge in [-0.1, -0.05) is 13.0 Å². The van der Waals surface area contributed by atoms with Crippen molar-refractivity contribution < 1.29 is 33.0 Å². The van der Waals surface area contributed by atoms with E-state index in [0.29, 0.717) is 0 Å². The molecule has 0 unspecified atom stereocenters. The van der Waals surface area contributed by atoms with Gasteiger partial charge in [-0.3, -0.25) is 9.59 Å². The molecule has 126 valence electrons. The largest absolute Gasteiger partial charge is 0.480 e. The lowest BCUT2D eigenvalue weighted by Crippen LogP contribution is -2.43. The summed E-state index contributed by atoms with van der Waals surface area (Å²) >= 11 is 0. The zero-order valence-corrected chi connectivity index (χ0v) is 12.6. The second-order valence-corrected chi connectivity index (χ2v) is 4.85. The summed E-state index contributed by atoms with van der Waals surface area (Å²) in [7, 11) is 0. The van der Waals surface area contributed by atoms with Crippen molar-refractivity contribution in [2.24, 2.45) is 5.92 Å². The lowest BCUT2D eigenvalue weighted by atomic mass is 10.0. The zero-order chi connectivity index (χ0) is 17.6. The van der Waals surface area contributed by atoms with Crippen LogP contribution >= 0.6 is 0 Å². The van der Waals surface area contributed by atoms with Crippen molar-refractivity contribution in [1.29, 1.82) is 0 Å². The van der Waals surface area contributed by atoms with E-state index in [1.54, 1.807) is 6.92 Å². The maximum Gasteiger partial charge on any atom is 0.326 e. The molecule has 2 N–H and O–H groups in total. The van der Waals surface area contributed by atoms with Crippen molar-refractivity contribution in [3.63, 3.8) is 0 Å². The molecule has 0 heterocycles. The van der Waals surface area contributed by atoms with Crippen molar-refractivity contribution >= 4 is 17.8 Å². The summed E-state index contributed by atoms with van der Waals surface area (Å²) in [6.45, 7) is 3.19. The number of benzene rings is 1. The van der Waals surface area contributed by atoms with Gasteiger partial charge in [0, 0.05) is 0 Å². The maximum atomic E-state index is 13.5. The summed E-state index contributed by atoms with van der Waals surface area (Å²) in [4.78, 5) is 34.6. The van der Waals surface area contributed by atoms with Gasteiger partial charge < -0.3 is 15.2 Å². The van der Waals surface area contributed by atoms with Crippen LogP contribution in [0.5, 0.6) is 0 Å². The second kappa shape index (κ2) is 8.21. The third-order valence-corrected chi connectivity index (χ3v) is 3.08. The van der Waals surface area contributed by atoms with Gasteiger partial charge in [-0.05, 0) is 25.5 Å². The quantitative estimate of drug-likeness (QED) is 0.743. The van der Waals surface area contributed by atoms with Crippen molar-refractivity contribution in [3.8, 4) is 0 Å². The van der Waals surface area contributed by atoms with Gasteiger partial charge in [-0.25, -0.2) is 13.6 Å². The minimum absolute atomic E-state index is 0.141. The van der Waals surface area contributed by atoms with Crippen LogP contribution < -0.4 is 5.32 Å². The molecule has 0 aliphatic heterocycles. The molecule has 2 atom stereocenters. The van der Waals surface area contributed by atoms with E-state index in [1.807, 2.05) is 0 Å². The highest BCUT2D eigenvalue weighted by atomic mass is 19.2. The van der Waals surface area contributed by atoms with Gasteiger partial charge in [0.15, 0.2) is 11.6 Å². The van der Waals surface area contributed by atoms with Gasteiger partial charge in [0.25, 0.3) is 5.91 Å². The number of carboxylic acid groups (broad SMARTS) is 1. The van der Waals surface area contributed by atoms with Crippen LogP contribution in [0.1, 0.15) is 30.6 Å². The Kier molecular flexibility index (Phi) is 6.62. The summed E-state index contributed by atoms with van der Waals surface area (Å²) in [5.41, 5.74) is -0.611. The average Bonchev–Trinajstić information content (AvgIpc) is 2.49. The molecule has 0 fully saturated rings. The number of rotatable bonds is 7. The molecular weight excluding hydrogens is 312 g/mol. The first-order valence-corrected chi connectivity index (χ1v) is 6.92. The van der Waals surface area contributed by atoms with E-state index in [0.717, 1.165) is 18.2 Å². The predicted molar refractivity (Wildman–Crippen MR) is 75.7 cm³/mol. The van der Waals surface area contributed by atoms with Crippen molar-refractivity contribution in [1.82, 2.24) is 5.32 Å². The van der Waals surface area contributed by atoms with Crippen LogP contribution in [0.2, 0.25) is 0 Å². The summed E-state index contributed by atoms with van der Waals surface area (Å²) in [6.07, 6.45) is -0.239. The molecule has 0 spiro atoms. The van der Waals surface area contributed by atoms with E-state index in [4.69, 9.17) is 9.84 Å². The van der Waals surface area contributed by atoms with Crippen LogP contribution in [0.25, 0.3) is 0 Å². The summed E-state index contributed by atoms with van der Waals surface area (Å²) < 4.78 is 31.4. The van der Waals surface area contributed by atoms with Gasteiger partial charge in [0.05, 0.1) is 18.1 Å². The number of esters is 1. The Morgan fingerprint density at radius 1 is 1.30 bits per heavy atom. The third-order valence-electron chi connectivity index (χ3n) is 3.08. The number of carbonyl (C=O) groups excluding carboxylic acids is 2. The number of amides is 1. The molecule has 0 saturated carbocycles. The van der Waals surface area contributed by atoms with E-state index in [-0.39, 0.29) is 13.0 Å². The fraction of sp³-hybridized carbons (Fsp3) is 0.400. The number of carbonyl (C=O) groups is 3. The number of hydrogen-bond acceptors (Lipinski definition) is 4. The number of hydrogen-bond donors (Lipinski definition) is 2. The lowest BCUT2D eigenvalue weighted by molar-refractivity contribution is -0.148. The van der Waals surface area contributed by atoms with E-state index >= 15 is 0 Å². The summed E-state index contributed by atoms with van der Waals surface area (Å²) in [5, 5.41) is 11.2. The summed E-state index contributed by atoms with van der Waals surface area (Å²) in [6, 6.07) is 1.56. The van der Waals surface area contributed by atoms with Crippen molar-refractivity contribution in [2.45, 2.75) is 26.3 Å². The molecule has 0 bridgehead atoms. The monoisotopic (exact) mass is 329 g/mol. The van der Waals surface area contributed by atoms with Crippen molar-refractivity contribution in [2.75, 3.05) is 6.61 Å². The first-order valence-electron chi connectivity index (χ1n) is 6.92. The number of halogens is 2. The maximum absolute atomic E-state index is 13.5. The highest BCUT2D eigenvalue weighted by Crippen LogP contribution is 2.13. The highest BCUT2D eigenvalue weighted by molar-refractivity contribution is 5.96. The van der Waals surface area contributed by atoms with Gasteiger partial charge >= 0.3 is 11.9 Å². The third kappa shape index (κ3) is 5.01. The number of carboxylic acids is 1. The topological polar surface area (TPSA) is 92.7 Å². The highest BCUT2D eigenvalue weighted by Gasteiger charge is 2.28. The molecule has 1 rings (SSSR count). The fourth-order valence-electron chi connectivity index (χ4n) is 1.87. The van der Waals surface area contributed by atoms with Crippen LogP contribution in [-0.4, -0.2) is 35.6 Å². The molecule has 0 radical (unpaired) electrons. The Balaban J connectivity index is 2.84. The lowest BCUT2D eigenvalue weighted by Gasteiger charge is -2.18. The van der Waals surface area contributed by atoms with Gasteiger partial charge in [0.1, 0.15) is 6.04 Å². The Morgan fingerprint density at radius 3 is 2.52 bits per heavy atom. The molecule has 8 heteroatoms. The molecule has 1 amide bonds. The molecule has 23 heavy (non-hydrogen) atoms. The predicted octanol–water partition coefficient (Wildman–Crippen LogP) is 1.74. The molecule has 0 aromatic heterocycles. The van der Waals surface area contributed by atoms with E-state index in [9.17, 15) is 23.2 Å². The smallest absolute Gasteiger partial charge is 0.326 e. The average molecular weight is 329 g/mol. The van der Waals surface area contributed by atoms with E-state index in [1.165, 1.54) is 6.92 Å². The van der Waals surface area contributed by atoms with Crippen LogP contribution in [0.4, 0.5) is 8.78 Å². The standard InChI is InChI=1S/C15H17F2NO5/c1-3-23-15(22)8(2)7-11(14(20)21)18-13(19)9-5-4-6-10(16)12(9)17/h4-6,8,11H,3,7H2,1-2H3,(H,18,19)(H,20,21)/t8-,11+/m1/s1. The first kappa shape index (κ1) is 18.5. The first-order chi connectivity index (χ1) is 10.8. The van der Waals surface area contributed by atoms with Crippen LogP contribution in [0.3, 0.4) is 0 Å². The van der Waals surface area contributed by atoms with Gasteiger partial charge in [-0.15, -0.1) is 0 Å². The minimum Gasteiger partial charge on any atom is -0.480 e. The zero-order valence-electron chi connectivity index (χ0n) is 12.6. The molecule has 0 saturated heterocycles. The molecule has 1 aromatic carbocycles. The Labute approximate surface area is 131 Å². The summed E-state index contributed by atoms with van der Waals surface area (Å²) in [5.74, 6) is -6.45. The molecule has 0 aliphatic carbocycles. The van der Waals surface area contributed by atoms with E-state index < -0.39 is 47.0 Å². The molecular formula is C15H17F2NO5. The normalized spacial score (nSPS) is 13.0. The van der Waals surface area contributed by atoms with Crippen LogP contribution in [0.15, 0.2) is 18.2 Å². The molecule has 6 nitrogen and oxygen atoms in total. The Morgan fingerprint density at radius 2 is 1.96 bits per heavy atom. The van der Waals surface area contributed by atoms with Gasteiger partial charge in [0.2, 0.25) is 0 Å². The van der Waals surface area contributed by atoms with E-state index in [2.05, 4.69) is 5.32 Å². The minimum atomic E-state index is -1.44. The Hall–Kier alpha value is -2.51. The second-order valence-electron chi connectivity index (χ2n) is 4.85. The number of aliphatic carboxylic acids is 1. The van der Waals surface area contributed by atoms with Crippen LogP contribution in [0, 0.1) is 17.6 Å². The Bertz CT molecular complexity index is 606. The van der Waals surface area contributed by atoms with Gasteiger partial charge in [-0.2, -0.15) is 0 Å². The fourth-order valence-corrected chi connectivity index (χ4v) is 1.87. The number of nitrogens with one attached hydrogen (secondary N) is 1. The number of ether oxygens (including phenoxy) is 1. The van der Waals surface area contributed by atoms with Crippen molar-refractivity contribution in [3.05, 3.63) is 35.4 Å².